The molecule has 1 rings (SSSR count). The lowest BCUT2D eigenvalue weighted by molar-refractivity contribution is 0.0979. The van der Waals surface area contributed by atoms with Gasteiger partial charge in [-0.1, -0.05) is 13.0 Å². The quantitative estimate of drug-likeness (QED) is 0.613. The molecular weight excluding hydrogens is 154 g/mol. The van der Waals surface area contributed by atoms with E-state index >= 15 is 0 Å². The minimum atomic E-state index is -0.144. The summed E-state index contributed by atoms with van der Waals surface area (Å²) in [6, 6.07) is 4.70. The van der Waals surface area contributed by atoms with Crippen LogP contribution in [-0.4, -0.2) is 10.4 Å². The molecule has 1 aromatic heterocycles. The number of rotatable bonds is 2. The zero-order valence-electron chi connectivity index (χ0n) is 7.20. The molecule has 0 saturated heterocycles. The SMILES string of the molecule is CCC(=O)c1cccc(=O)n1C. The highest BCUT2D eigenvalue weighted by atomic mass is 16.1. The molecule has 1 heterocycles. The second-order valence-corrected chi connectivity index (χ2v) is 2.59. The topological polar surface area (TPSA) is 39.1 Å². The number of ketones is 1. The Morgan fingerprint density at radius 2 is 2.17 bits per heavy atom. The molecule has 0 aliphatic rings. The van der Waals surface area contributed by atoms with Crippen molar-refractivity contribution in [3.63, 3.8) is 0 Å². The highest BCUT2D eigenvalue weighted by Crippen LogP contribution is 1.98. The molecule has 0 unspecified atom stereocenters. The predicted molar refractivity (Wildman–Crippen MR) is 46.3 cm³/mol. The second kappa shape index (κ2) is 3.34. The van der Waals surface area contributed by atoms with Crippen LogP contribution >= 0.6 is 0 Å². The maximum Gasteiger partial charge on any atom is 0.250 e. The van der Waals surface area contributed by atoms with Crippen molar-refractivity contribution in [1.29, 1.82) is 0 Å². The number of pyridine rings is 1. The molecule has 0 fully saturated rings. The van der Waals surface area contributed by atoms with Crippen molar-refractivity contribution in [1.82, 2.24) is 4.57 Å². The second-order valence-electron chi connectivity index (χ2n) is 2.59. The Labute approximate surface area is 70.6 Å². The molecule has 1 aromatic rings. The summed E-state index contributed by atoms with van der Waals surface area (Å²) in [5.74, 6) is -0.00444. The van der Waals surface area contributed by atoms with Crippen LogP contribution in [0, 0.1) is 0 Å². The Morgan fingerprint density at radius 1 is 1.50 bits per heavy atom. The summed E-state index contributed by atoms with van der Waals surface area (Å²) in [5, 5.41) is 0. The molecule has 3 nitrogen and oxygen atoms in total. The number of hydrogen-bond donors (Lipinski definition) is 0. The summed E-state index contributed by atoms with van der Waals surface area (Å²) in [7, 11) is 1.60. The minimum Gasteiger partial charge on any atom is -0.309 e. The van der Waals surface area contributed by atoms with E-state index in [2.05, 4.69) is 0 Å². The van der Waals surface area contributed by atoms with Crippen LogP contribution in [0.4, 0.5) is 0 Å². The fourth-order valence-electron chi connectivity index (χ4n) is 1.03. The van der Waals surface area contributed by atoms with Crippen molar-refractivity contribution in [2.24, 2.45) is 7.05 Å². The van der Waals surface area contributed by atoms with E-state index in [-0.39, 0.29) is 11.3 Å². The number of carbonyl (C=O) groups is 1. The number of carbonyl (C=O) groups excluding carboxylic acids is 1. The zero-order valence-corrected chi connectivity index (χ0v) is 7.20. The average Bonchev–Trinajstić information content (AvgIpc) is 2.08. The van der Waals surface area contributed by atoms with Gasteiger partial charge in [-0.05, 0) is 6.07 Å². The van der Waals surface area contributed by atoms with Gasteiger partial charge in [0.05, 0.1) is 5.69 Å². The lowest BCUT2D eigenvalue weighted by atomic mass is 10.2. The summed E-state index contributed by atoms with van der Waals surface area (Å²) in [6.07, 6.45) is 0.428. The van der Waals surface area contributed by atoms with E-state index < -0.39 is 0 Å². The maximum absolute atomic E-state index is 11.2. The first-order valence-corrected chi connectivity index (χ1v) is 3.86. The van der Waals surface area contributed by atoms with E-state index in [1.54, 1.807) is 26.1 Å². The average molecular weight is 165 g/mol. The molecule has 0 aliphatic carbocycles. The van der Waals surface area contributed by atoms with Crippen LogP contribution in [0.1, 0.15) is 23.8 Å². The molecule has 0 aliphatic heterocycles. The van der Waals surface area contributed by atoms with Gasteiger partial charge in [-0.2, -0.15) is 0 Å². The van der Waals surface area contributed by atoms with Crippen molar-refractivity contribution in [2.75, 3.05) is 0 Å². The Bertz CT molecular complexity index is 352. The third-order valence-electron chi connectivity index (χ3n) is 1.79. The highest BCUT2D eigenvalue weighted by molar-refractivity contribution is 5.94. The molecule has 64 valence electrons. The van der Waals surface area contributed by atoms with E-state index in [4.69, 9.17) is 0 Å². The van der Waals surface area contributed by atoms with Crippen LogP contribution in [-0.2, 0) is 7.05 Å². The van der Waals surface area contributed by atoms with Crippen LogP contribution in [0.25, 0.3) is 0 Å². The number of aromatic nitrogens is 1. The monoisotopic (exact) mass is 165 g/mol. The molecule has 0 bridgehead atoms. The van der Waals surface area contributed by atoms with Crippen LogP contribution in [0.5, 0.6) is 0 Å². The largest absolute Gasteiger partial charge is 0.309 e. The number of nitrogens with zero attached hydrogens (tertiary/aromatic N) is 1. The molecule has 0 N–H and O–H groups in total. The van der Waals surface area contributed by atoms with Crippen LogP contribution in [0.15, 0.2) is 23.0 Å². The van der Waals surface area contributed by atoms with Crippen molar-refractivity contribution < 1.29 is 4.79 Å². The Hall–Kier alpha value is -1.38. The van der Waals surface area contributed by atoms with E-state index in [1.165, 1.54) is 10.6 Å². The van der Waals surface area contributed by atoms with Gasteiger partial charge in [-0.3, -0.25) is 9.59 Å². The van der Waals surface area contributed by atoms with Gasteiger partial charge in [0.2, 0.25) is 0 Å². The first kappa shape index (κ1) is 8.71. The fraction of sp³-hybridized carbons (Fsp3) is 0.333. The van der Waals surface area contributed by atoms with Crippen molar-refractivity contribution >= 4 is 5.78 Å². The lowest BCUT2D eigenvalue weighted by Gasteiger charge is -2.03. The van der Waals surface area contributed by atoms with Crippen molar-refractivity contribution in [3.8, 4) is 0 Å². The number of Topliss-reactive ketones (excluding diaryl/α,β-unsaturated/α-hetero) is 1. The van der Waals surface area contributed by atoms with Gasteiger partial charge in [0.1, 0.15) is 0 Å². The third kappa shape index (κ3) is 1.44. The molecule has 0 spiro atoms. The normalized spacial score (nSPS) is 9.83. The molecular formula is C9H11NO2. The molecule has 0 aromatic carbocycles. The molecule has 0 atom stereocenters. The van der Waals surface area contributed by atoms with Crippen LogP contribution in [0.3, 0.4) is 0 Å². The maximum atomic E-state index is 11.2. The van der Waals surface area contributed by atoms with Gasteiger partial charge in [0, 0.05) is 19.5 Å². The highest BCUT2D eigenvalue weighted by Gasteiger charge is 2.05. The predicted octanol–water partition coefficient (Wildman–Crippen LogP) is 0.978. The summed E-state index contributed by atoms with van der Waals surface area (Å²) in [4.78, 5) is 22.3. The van der Waals surface area contributed by atoms with Gasteiger partial charge in [0.25, 0.3) is 5.56 Å². The van der Waals surface area contributed by atoms with Gasteiger partial charge in [0.15, 0.2) is 5.78 Å². The fourth-order valence-corrected chi connectivity index (χ4v) is 1.03. The summed E-state index contributed by atoms with van der Waals surface area (Å²) in [5.41, 5.74) is 0.333. The van der Waals surface area contributed by atoms with E-state index in [1.807, 2.05) is 0 Å². The van der Waals surface area contributed by atoms with E-state index in [9.17, 15) is 9.59 Å². The van der Waals surface area contributed by atoms with Gasteiger partial charge in [-0.25, -0.2) is 0 Å². The summed E-state index contributed by atoms with van der Waals surface area (Å²) >= 11 is 0. The van der Waals surface area contributed by atoms with Crippen LogP contribution < -0.4 is 5.56 Å². The standard InChI is InChI=1S/C9H11NO2/c1-3-8(11)7-5-4-6-9(12)10(7)2/h4-6H,3H2,1-2H3. The number of hydrogen-bond acceptors (Lipinski definition) is 2. The van der Waals surface area contributed by atoms with Crippen molar-refractivity contribution in [3.05, 3.63) is 34.2 Å². The molecule has 0 radical (unpaired) electrons. The first-order valence-electron chi connectivity index (χ1n) is 3.86. The van der Waals surface area contributed by atoms with E-state index in [0.29, 0.717) is 12.1 Å². The van der Waals surface area contributed by atoms with Gasteiger partial charge < -0.3 is 4.57 Å². The van der Waals surface area contributed by atoms with Crippen LogP contribution in [0.2, 0.25) is 0 Å². The molecule has 0 saturated carbocycles. The summed E-state index contributed by atoms with van der Waals surface area (Å²) in [6.45, 7) is 1.78. The first-order chi connectivity index (χ1) is 5.66. The Kier molecular flexibility index (Phi) is 2.43. The Morgan fingerprint density at radius 3 is 2.75 bits per heavy atom. The zero-order chi connectivity index (χ0) is 9.14. The Balaban J connectivity index is 3.26. The molecule has 12 heavy (non-hydrogen) atoms. The molecule has 3 heteroatoms. The molecule has 0 amide bonds. The van der Waals surface area contributed by atoms with Crippen molar-refractivity contribution in [2.45, 2.75) is 13.3 Å². The summed E-state index contributed by atoms with van der Waals surface area (Å²) < 4.78 is 1.37. The third-order valence-corrected chi connectivity index (χ3v) is 1.79. The minimum absolute atomic E-state index is 0.00444. The lowest BCUT2D eigenvalue weighted by Crippen LogP contribution is -2.21. The van der Waals surface area contributed by atoms with Gasteiger partial charge >= 0.3 is 0 Å². The smallest absolute Gasteiger partial charge is 0.250 e. The van der Waals surface area contributed by atoms with E-state index in [0.717, 1.165) is 0 Å². The van der Waals surface area contributed by atoms with Gasteiger partial charge in [-0.15, -0.1) is 0 Å².